The Kier molecular flexibility index (Phi) is 7.18. The average molecular weight is 325 g/mol. The number of nitrogens with one attached hydrogen (secondary N) is 1. The molecule has 126 valence electrons. The summed E-state index contributed by atoms with van der Waals surface area (Å²) >= 11 is 0. The lowest BCUT2D eigenvalue weighted by atomic mass is 9.98. The second kappa shape index (κ2) is 8.87. The molecular formula is C16H20FNO5. The Hall–Kier alpha value is -2.44. The minimum atomic E-state index is -0.966. The molecule has 1 amide bonds. The number of hydrogen-bond acceptors (Lipinski definition) is 5. The quantitative estimate of drug-likeness (QED) is 0.763. The van der Waals surface area contributed by atoms with Gasteiger partial charge in [-0.25, -0.2) is 9.18 Å². The Balaban J connectivity index is 2.72. The van der Waals surface area contributed by atoms with Gasteiger partial charge in [0.1, 0.15) is 11.9 Å². The maximum atomic E-state index is 12.8. The van der Waals surface area contributed by atoms with E-state index >= 15 is 0 Å². The van der Waals surface area contributed by atoms with Crippen LogP contribution in [-0.2, 0) is 30.3 Å². The number of rotatable bonds is 7. The molecule has 0 spiro atoms. The van der Waals surface area contributed by atoms with Gasteiger partial charge in [-0.3, -0.25) is 9.59 Å². The summed E-state index contributed by atoms with van der Waals surface area (Å²) in [5.74, 6) is -2.45. The SMILES string of the molecule is COC(=O)C[C@H](C)[C@@H](NC(=O)Cc1ccc(F)cc1)C(=O)OC. The normalized spacial score (nSPS) is 12.9. The first kappa shape index (κ1) is 18.6. The summed E-state index contributed by atoms with van der Waals surface area (Å²) in [5.41, 5.74) is 0.605. The molecule has 2 atom stereocenters. The summed E-state index contributed by atoms with van der Waals surface area (Å²) in [5, 5.41) is 2.55. The minimum absolute atomic E-state index is 0.0152. The number of ether oxygens (including phenoxy) is 2. The zero-order valence-electron chi connectivity index (χ0n) is 13.3. The molecule has 7 heteroatoms. The Morgan fingerprint density at radius 3 is 2.26 bits per heavy atom. The minimum Gasteiger partial charge on any atom is -0.469 e. The summed E-state index contributed by atoms with van der Waals surface area (Å²) in [6.07, 6.45) is -0.0498. The molecule has 0 aromatic heterocycles. The third-order valence-electron chi connectivity index (χ3n) is 3.33. The fourth-order valence-electron chi connectivity index (χ4n) is 2.04. The molecule has 0 aliphatic heterocycles. The average Bonchev–Trinajstić information content (AvgIpc) is 2.53. The van der Waals surface area contributed by atoms with Crippen LogP contribution in [0.25, 0.3) is 0 Å². The van der Waals surface area contributed by atoms with E-state index < -0.39 is 35.6 Å². The molecular weight excluding hydrogens is 305 g/mol. The van der Waals surface area contributed by atoms with Crippen molar-refractivity contribution in [2.75, 3.05) is 14.2 Å². The molecule has 1 aromatic carbocycles. The number of amides is 1. The van der Waals surface area contributed by atoms with Crippen LogP contribution in [0.3, 0.4) is 0 Å². The monoisotopic (exact) mass is 325 g/mol. The fourth-order valence-corrected chi connectivity index (χ4v) is 2.04. The van der Waals surface area contributed by atoms with Gasteiger partial charge in [-0.15, -0.1) is 0 Å². The largest absolute Gasteiger partial charge is 0.469 e. The van der Waals surface area contributed by atoms with E-state index in [1.54, 1.807) is 6.92 Å². The summed E-state index contributed by atoms with van der Waals surface area (Å²) in [6.45, 7) is 1.64. The highest BCUT2D eigenvalue weighted by atomic mass is 19.1. The first-order chi connectivity index (χ1) is 10.9. The van der Waals surface area contributed by atoms with Crippen LogP contribution < -0.4 is 5.32 Å². The van der Waals surface area contributed by atoms with Gasteiger partial charge in [0.2, 0.25) is 5.91 Å². The molecule has 0 radical (unpaired) electrons. The van der Waals surface area contributed by atoms with Crippen molar-refractivity contribution >= 4 is 17.8 Å². The number of carbonyl (C=O) groups excluding carboxylic acids is 3. The van der Waals surface area contributed by atoms with Crippen LogP contribution in [0.4, 0.5) is 4.39 Å². The highest BCUT2D eigenvalue weighted by Gasteiger charge is 2.29. The predicted octanol–water partition coefficient (Wildman–Crippen LogP) is 1.23. The van der Waals surface area contributed by atoms with Gasteiger partial charge in [0.25, 0.3) is 0 Å². The first-order valence-corrected chi connectivity index (χ1v) is 7.05. The summed E-state index contributed by atoms with van der Waals surface area (Å²) in [6, 6.07) is 4.51. The van der Waals surface area contributed by atoms with Gasteiger partial charge in [-0.2, -0.15) is 0 Å². The topological polar surface area (TPSA) is 81.7 Å². The van der Waals surface area contributed by atoms with E-state index in [1.807, 2.05) is 0 Å². The third kappa shape index (κ3) is 6.06. The molecule has 0 saturated carbocycles. The fraction of sp³-hybridized carbons (Fsp3) is 0.438. The van der Waals surface area contributed by atoms with Crippen molar-refractivity contribution in [3.8, 4) is 0 Å². The van der Waals surface area contributed by atoms with Gasteiger partial charge in [0, 0.05) is 0 Å². The zero-order chi connectivity index (χ0) is 17.4. The van der Waals surface area contributed by atoms with Crippen molar-refractivity contribution in [3.05, 3.63) is 35.6 Å². The molecule has 0 aliphatic carbocycles. The van der Waals surface area contributed by atoms with E-state index in [0.717, 1.165) is 0 Å². The van der Waals surface area contributed by atoms with Crippen molar-refractivity contribution in [2.45, 2.75) is 25.8 Å². The van der Waals surface area contributed by atoms with Gasteiger partial charge < -0.3 is 14.8 Å². The summed E-state index contributed by atoms with van der Waals surface area (Å²) < 4.78 is 22.1. The van der Waals surface area contributed by atoms with Gasteiger partial charge in [0.15, 0.2) is 0 Å². The highest BCUT2D eigenvalue weighted by molar-refractivity contribution is 5.86. The second-order valence-electron chi connectivity index (χ2n) is 5.13. The van der Waals surface area contributed by atoms with Crippen LogP contribution in [0.15, 0.2) is 24.3 Å². The van der Waals surface area contributed by atoms with Gasteiger partial charge in [-0.05, 0) is 23.6 Å². The number of esters is 2. The Labute approximate surface area is 134 Å². The van der Waals surface area contributed by atoms with E-state index in [0.29, 0.717) is 5.56 Å². The molecule has 1 N–H and O–H groups in total. The van der Waals surface area contributed by atoms with E-state index in [9.17, 15) is 18.8 Å². The zero-order valence-corrected chi connectivity index (χ0v) is 13.3. The van der Waals surface area contributed by atoms with E-state index in [1.165, 1.54) is 38.5 Å². The van der Waals surface area contributed by atoms with Crippen LogP contribution in [0, 0.1) is 11.7 Å². The Morgan fingerprint density at radius 1 is 1.13 bits per heavy atom. The third-order valence-corrected chi connectivity index (χ3v) is 3.33. The second-order valence-corrected chi connectivity index (χ2v) is 5.13. The van der Waals surface area contributed by atoms with E-state index in [-0.39, 0.29) is 12.8 Å². The maximum Gasteiger partial charge on any atom is 0.328 e. The van der Waals surface area contributed by atoms with Crippen molar-refractivity contribution < 1.29 is 28.2 Å². The molecule has 0 heterocycles. The van der Waals surface area contributed by atoms with Gasteiger partial charge in [-0.1, -0.05) is 19.1 Å². The summed E-state index contributed by atoms with van der Waals surface area (Å²) in [4.78, 5) is 35.2. The molecule has 1 aromatic rings. The van der Waals surface area contributed by atoms with Crippen LogP contribution in [0.1, 0.15) is 18.9 Å². The molecule has 0 aliphatic rings. The van der Waals surface area contributed by atoms with Crippen molar-refractivity contribution in [1.82, 2.24) is 5.32 Å². The molecule has 23 heavy (non-hydrogen) atoms. The molecule has 0 saturated heterocycles. The molecule has 6 nitrogen and oxygen atoms in total. The highest BCUT2D eigenvalue weighted by Crippen LogP contribution is 2.12. The maximum absolute atomic E-state index is 12.8. The standard InChI is InChI=1S/C16H20FNO5/c1-10(8-14(20)22-2)15(16(21)23-3)18-13(19)9-11-4-6-12(17)7-5-11/h4-7,10,15H,8-9H2,1-3H3,(H,18,19)/t10-,15+/m0/s1. The molecule has 0 unspecified atom stereocenters. The van der Waals surface area contributed by atoms with Gasteiger partial charge in [0.05, 0.1) is 27.1 Å². The number of carbonyl (C=O) groups is 3. The number of methoxy groups -OCH3 is 2. The molecule has 1 rings (SSSR count). The van der Waals surface area contributed by atoms with Crippen molar-refractivity contribution in [3.63, 3.8) is 0 Å². The Morgan fingerprint density at radius 2 is 1.74 bits per heavy atom. The number of hydrogen-bond donors (Lipinski definition) is 1. The van der Waals surface area contributed by atoms with Gasteiger partial charge >= 0.3 is 11.9 Å². The molecule has 0 fully saturated rings. The lowest BCUT2D eigenvalue weighted by Crippen LogP contribution is -2.46. The Bertz CT molecular complexity index is 558. The number of benzene rings is 1. The predicted molar refractivity (Wildman–Crippen MR) is 79.8 cm³/mol. The van der Waals surface area contributed by atoms with Crippen molar-refractivity contribution in [2.24, 2.45) is 5.92 Å². The lowest BCUT2D eigenvalue weighted by Gasteiger charge is -2.22. The van der Waals surface area contributed by atoms with E-state index in [4.69, 9.17) is 0 Å². The van der Waals surface area contributed by atoms with Crippen LogP contribution in [-0.4, -0.2) is 38.1 Å². The van der Waals surface area contributed by atoms with Crippen molar-refractivity contribution in [1.29, 1.82) is 0 Å². The number of halogens is 1. The van der Waals surface area contributed by atoms with Crippen LogP contribution in [0.2, 0.25) is 0 Å². The molecule has 0 bridgehead atoms. The van der Waals surface area contributed by atoms with E-state index in [2.05, 4.69) is 14.8 Å². The smallest absolute Gasteiger partial charge is 0.328 e. The lowest BCUT2D eigenvalue weighted by molar-refractivity contribution is -0.148. The first-order valence-electron chi connectivity index (χ1n) is 7.05. The summed E-state index contributed by atoms with van der Waals surface area (Å²) in [7, 11) is 2.45. The van der Waals surface area contributed by atoms with Crippen LogP contribution >= 0.6 is 0 Å². The van der Waals surface area contributed by atoms with Crippen LogP contribution in [0.5, 0.6) is 0 Å².